The first-order chi connectivity index (χ1) is 13.1. The average Bonchev–Trinajstić information content (AvgIpc) is 3.25. The van der Waals surface area contributed by atoms with Gasteiger partial charge in [-0.15, -0.1) is 11.3 Å². The molecule has 1 fully saturated rings. The van der Waals surface area contributed by atoms with Crippen LogP contribution >= 0.6 is 11.3 Å². The van der Waals surface area contributed by atoms with Crippen LogP contribution in [0.2, 0.25) is 0 Å². The van der Waals surface area contributed by atoms with Gasteiger partial charge in [0.15, 0.2) is 11.5 Å². The van der Waals surface area contributed by atoms with Gasteiger partial charge in [-0.25, -0.2) is 0 Å². The molecule has 0 aliphatic carbocycles. The Labute approximate surface area is 162 Å². The number of amides is 2. The summed E-state index contributed by atoms with van der Waals surface area (Å²) in [6.07, 6.45) is 3.50. The Hall–Kier alpha value is -2.61. The molecular formula is C19H23N3O4S. The Morgan fingerprint density at radius 3 is 2.89 bits per heavy atom. The number of rotatable bonds is 6. The maximum absolute atomic E-state index is 12.6. The highest BCUT2D eigenvalue weighted by atomic mass is 32.1. The van der Waals surface area contributed by atoms with E-state index in [1.54, 1.807) is 29.9 Å². The molecule has 0 unspecified atom stereocenters. The van der Waals surface area contributed by atoms with E-state index in [4.69, 9.17) is 9.47 Å². The van der Waals surface area contributed by atoms with Crippen molar-refractivity contribution in [1.29, 1.82) is 0 Å². The number of piperidine rings is 1. The van der Waals surface area contributed by atoms with Crippen molar-refractivity contribution in [2.45, 2.75) is 12.8 Å². The van der Waals surface area contributed by atoms with Crippen molar-refractivity contribution in [2.75, 3.05) is 33.9 Å². The molecule has 1 atom stereocenters. The minimum Gasteiger partial charge on any atom is -0.493 e. The summed E-state index contributed by atoms with van der Waals surface area (Å²) >= 11 is 1.35. The SMILES string of the molecule is COc1cccc(C(=O)NC[C@@H]2CCCN(C(=O)c3cncs3)C2)c1OC. The van der Waals surface area contributed by atoms with Gasteiger partial charge in [-0.1, -0.05) is 6.07 Å². The Balaban J connectivity index is 1.60. The van der Waals surface area contributed by atoms with Crippen LogP contribution in [0.5, 0.6) is 11.5 Å². The number of thiazole rings is 1. The van der Waals surface area contributed by atoms with Crippen molar-refractivity contribution >= 4 is 23.2 Å². The molecule has 0 spiro atoms. The number of likely N-dealkylation sites (tertiary alicyclic amines) is 1. The third kappa shape index (κ3) is 4.39. The van der Waals surface area contributed by atoms with Gasteiger partial charge in [0.1, 0.15) is 4.88 Å². The molecule has 2 heterocycles. The molecule has 1 aliphatic heterocycles. The van der Waals surface area contributed by atoms with Crippen LogP contribution in [-0.4, -0.2) is 55.6 Å². The number of carbonyl (C=O) groups excluding carboxylic acids is 2. The zero-order valence-electron chi connectivity index (χ0n) is 15.4. The number of para-hydroxylation sites is 1. The highest BCUT2D eigenvalue weighted by molar-refractivity contribution is 7.11. The minimum atomic E-state index is -0.211. The molecule has 0 saturated carbocycles. The van der Waals surface area contributed by atoms with Crippen LogP contribution < -0.4 is 14.8 Å². The number of nitrogens with zero attached hydrogens (tertiary/aromatic N) is 2. The summed E-state index contributed by atoms with van der Waals surface area (Å²) in [6, 6.07) is 5.21. The first kappa shape index (κ1) is 19.2. The molecule has 8 heteroatoms. The Morgan fingerprint density at radius 1 is 1.33 bits per heavy atom. The number of carbonyl (C=O) groups is 2. The molecule has 1 saturated heterocycles. The summed E-state index contributed by atoms with van der Waals surface area (Å²) in [6.45, 7) is 1.88. The molecule has 0 bridgehead atoms. The van der Waals surface area contributed by atoms with Gasteiger partial charge in [0.2, 0.25) is 0 Å². The fourth-order valence-corrected chi connectivity index (χ4v) is 3.88. The number of methoxy groups -OCH3 is 2. The van der Waals surface area contributed by atoms with E-state index in [0.717, 1.165) is 19.4 Å². The Bertz CT molecular complexity index is 794. The smallest absolute Gasteiger partial charge is 0.265 e. The van der Waals surface area contributed by atoms with E-state index in [-0.39, 0.29) is 17.7 Å². The predicted octanol–water partition coefficient (Wildman–Crippen LogP) is 2.44. The van der Waals surface area contributed by atoms with Gasteiger partial charge in [-0.2, -0.15) is 0 Å². The van der Waals surface area contributed by atoms with E-state index in [0.29, 0.717) is 35.0 Å². The van der Waals surface area contributed by atoms with Gasteiger partial charge in [0, 0.05) is 19.6 Å². The number of benzene rings is 1. The van der Waals surface area contributed by atoms with Crippen molar-refractivity contribution < 1.29 is 19.1 Å². The Kier molecular flexibility index (Phi) is 6.28. The van der Waals surface area contributed by atoms with Crippen molar-refractivity contribution in [3.05, 3.63) is 40.3 Å². The average molecular weight is 389 g/mol. The van der Waals surface area contributed by atoms with E-state index in [9.17, 15) is 9.59 Å². The van der Waals surface area contributed by atoms with Crippen LogP contribution in [0.1, 0.15) is 32.9 Å². The fraction of sp³-hybridized carbons (Fsp3) is 0.421. The van der Waals surface area contributed by atoms with Crippen LogP contribution in [-0.2, 0) is 0 Å². The molecule has 0 radical (unpaired) electrons. The predicted molar refractivity (Wildman–Crippen MR) is 103 cm³/mol. The van der Waals surface area contributed by atoms with Gasteiger partial charge >= 0.3 is 0 Å². The maximum atomic E-state index is 12.6. The standard InChI is InChI=1S/C19H23N3O4S/c1-25-15-7-3-6-14(17(15)26-2)18(23)21-9-13-5-4-8-22(11-13)19(24)16-10-20-12-27-16/h3,6-7,10,12-13H,4-5,8-9,11H2,1-2H3,(H,21,23)/t13-/m0/s1. The summed E-state index contributed by atoms with van der Waals surface area (Å²) in [5, 5.41) is 2.97. The monoisotopic (exact) mass is 389 g/mol. The van der Waals surface area contributed by atoms with Crippen LogP contribution in [0, 0.1) is 5.92 Å². The lowest BCUT2D eigenvalue weighted by Gasteiger charge is -2.32. The molecule has 1 aromatic carbocycles. The van der Waals surface area contributed by atoms with Crippen LogP contribution in [0.4, 0.5) is 0 Å². The summed E-state index contributed by atoms with van der Waals surface area (Å²) in [5.74, 6) is 0.961. The summed E-state index contributed by atoms with van der Waals surface area (Å²) in [4.78, 5) is 31.6. The van der Waals surface area contributed by atoms with Gasteiger partial charge in [0.25, 0.3) is 11.8 Å². The molecule has 7 nitrogen and oxygen atoms in total. The fourth-order valence-electron chi connectivity index (χ4n) is 3.29. The largest absolute Gasteiger partial charge is 0.493 e. The van der Waals surface area contributed by atoms with Crippen molar-refractivity contribution in [2.24, 2.45) is 5.92 Å². The molecule has 144 valence electrons. The van der Waals surface area contributed by atoms with Gasteiger partial charge in [0.05, 0.1) is 31.5 Å². The summed E-state index contributed by atoms with van der Waals surface area (Å²) in [5.41, 5.74) is 2.10. The highest BCUT2D eigenvalue weighted by Crippen LogP contribution is 2.30. The van der Waals surface area contributed by atoms with Crippen molar-refractivity contribution in [1.82, 2.24) is 15.2 Å². The number of hydrogen-bond donors (Lipinski definition) is 1. The normalized spacial score (nSPS) is 16.7. The lowest BCUT2D eigenvalue weighted by atomic mass is 9.97. The summed E-state index contributed by atoms with van der Waals surface area (Å²) in [7, 11) is 3.05. The third-order valence-electron chi connectivity index (χ3n) is 4.65. The number of ether oxygens (including phenoxy) is 2. The van der Waals surface area contributed by atoms with E-state index < -0.39 is 0 Å². The lowest BCUT2D eigenvalue weighted by Crippen LogP contribution is -2.43. The van der Waals surface area contributed by atoms with E-state index in [1.165, 1.54) is 25.6 Å². The third-order valence-corrected chi connectivity index (χ3v) is 5.41. The number of hydrogen-bond acceptors (Lipinski definition) is 6. The number of nitrogens with one attached hydrogen (secondary N) is 1. The second-order valence-electron chi connectivity index (χ2n) is 6.38. The first-order valence-electron chi connectivity index (χ1n) is 8.81. The summed E-state index contributed by atoms with van der Waals surface area (Å²) < 4.78 is 10.6. The molecule has 1 N–H and O–H groups in total. The van der Waals surface area contributed by atoms with Crippen molar-refractivity contribution in [3.63, 3.8) is 0 Å². The van der Waals surface area contributed by atoms with Crippen molar-refractivity contribution in [3.8, 4) is 11.5 Å². The van der Waals surface area contributed by atoms with E-state index in [2.05, 4.69) is 10.3 Å². The van der Waals surface area contributed by atoms with Gasteiger partial charge < -0.3 is 19.7 Å². The maximum Gasteiger partial charge on any atom is 0.265 e. The lowest BCUT2D eigenvalue weighted by molar-refractivity contribution is 0.0675. The van der Waals surface area contributed by atoms with Crippen LogP contribution in [0.3, 0.4) is 0 Å². The first-order valence-corrected chi connectivity index (χ1v) is 9.69. The second kappa shape index (κ2) is 8.85. The Morgan fingerprint density at radius 2 is 2.19 bits per heavy atom. The van der Waals surface area contributed by atoms with E-state index >= 15 is 0 Å². The molecule has 2 amide bonds. The molecule has 1 aliphatic rings. The topological polar surface area (TPSA) is 80.8 Å². The molecular weight excluding hydrogens is 366 g/mol. The second-order valence-corrected chi connectivity index (χ2v) is 7.26. The zero-order chi connectivity index (χ0) is 19.2. The van der Waals surface area contributed by atoms with Gasteiger partial charge in [-0.3, -0.25) is 14.6 Å². The zero-order valence-corrected chi connectivity index (χ0v) is 16.3. The van der Waals surface area contributed by atoms with Crippen LogP contribution in [0.25, 0.3) is 0 Å². The molecule has 2 aromatic rings. The quantitative estimate of drug-likeness (QED) is 0.821. The van der Waals surface area contributed by atoms with E-state index in [1.807, 2.05) is 4.90 Å². The molecule has 3 rings (SSSR count). The molecule has 1 aromatic heterocycles. The van der Waals surface area contributed by atoms with Crippen LogP contribution in [0.15, 0.2) is 29.9 Å². The number of aromatic nitrogens is 1. The highest BCUT2D eigenvalue weighted by Gasteiger charge is 2.26. The molecule has 27 heavy (non-hydrogen) atoms. The van der Waals surface area contributed by atoms with Gasteiger partial charge in [-0.05, 0) is 30.9 Å². The minimum absolute atomic E-state index is 0.0167.